The van der Waals surface area contributed by atoms with E-state index in [4.69, 9.17) is 4.74 Å². The lowest BCUT2D eigenvalue weighted by atomic mass is 9.95. The molecule has 5 nitrogen and oxygen atoms in total. The van der Waals surface area contributed by atoms with Gasteiger partial charge in [-0.3, -0.25) is 9.59 Å². The van der Waals surface area contributed by atoms with Crippen molar-refractivity contribution in [1.29, 1.82) is 0 Å². The Morgan fingerprint density at radius 2 is 1.77 bits per heavy atom. The van der Waals surface area contributed by atoms with Gasteiger partial charge in [-0.05, 0) is 44.4 Å². The second-order valence-corrected chi connectivity index (χ2v) is 8.19. The van der Waals surface area contributed by atoms with Gasteiger partial charge in [0.05, 0.1) is 0 Å². The molecular weight excluding hydrogens is 395 g/mol. The highest BCUT2D eigenvalue weighted by molar-refractivity contribution is 5.88. The van der Waals surface area contributed by atoms with Gasteiger partial charge in [0.1, 0.15) is 17.6 Å². The molecule has 1 fully saturated rings. The Hall–Kier alpha value is -2.89. The largest absolute Gasteiger partial charge is 0.484 e. The third kappa shape index (κ3) is 6.29. The van der Waals surface area contributed by atoms with Crippen LogP contribution in [-0.4, -0.2) is 35.4 Å². The van der Waals surface area contributed by atoms with E-state index in [-0.39, 0.29) is 31.0 Å². The number of nitrogens with one attached hydrogen (secondary N) is 1. The Balaban J connectivity index is 1.72. The van der Waals surface area contributed by atoms with Gasteiger partial charge in [0.2, 0.25) is 5.91 Å². The maximum atomic E-state index is 14.3. The molecule has 0 aliphatic heterocycles. The first-order chi connectivity index (χ1) is 15.0. The standard InChI is InChI=1S/C25H31FN2O3/c1-18-10-6-9-15-23(18)31-17-24(29)28(16-20-11-7-8-14-22(20)26)19(2)25(30)27-21-12-4-3-5-13-21/h6-11,14-15,19,21H,3-5,12-13,16-17H2,1-2H3,(H,27,30)/t19-/m0/s1. The van der Waals surface area contributed by atoms with E-state index in [2.05, 4.69) is 5.32 Å². The SMILES string of the molecule is Cc1ccccc1OCC(=O)N(Cc1ccccc1F)[C@@H](C)C(=O)NC1CCCCC1. The van der Waals surface area contributed by atoms with Crippen molar-refractivity contribution in [2.24, 2.45) is 0 Å². The molecule has 0 unspecified atom stereocenters. The van der Waals surface area contributed by atoms with Gasteiger partial charge in [0, 0.05) is 18.2 Å². The first-order valence-corrected chi connectivity index (χ1v) is 11.0. The fourth-order valence-corrected chi connectivity index (χ4v) is 3.90. The summed E-state index contributed by atoms with van der Waals surface area (Å²) in [5.74, 6) is -0.369. The molecule has 3 rings (SSSR count). The first-order valence-electron chi connectivity index (χ1n) is 11.0. The highest BCUT2D eigenvalue weighted by Crippen LogP contribution is 2.20. The average molecular weight is 427 g/mol. The van der Waals surface area contributed by atoms with E-state index in [0.717, 1.165) is 31.2 Å². The summed E-state index contributed by atoms with van der Waals surface area (Å²) in [6, 6.07) is 13.1. The normalized spacial score (nSPS) is 15.2. The van der Waals surface area contributed by atoms with E-state index < -0.39 is 11.9 Å². The Kier molecular flexibility index (Phi) is 8.04. The van der Waals surface area contributed by atoms with Crippen molar-refractivity contribution in [2.45, 2.75) is 64.6 Å². The molecule has 1 atom stereocenters. The molecule has 1 aliphatic carbocycles. The molecule has 0 spiro atoms. The minimum Gasteiger partial charge on any atom is -0.484 e. The first kappa shape index (κ1) is 22.8. The molecule has 0 saturated heterocycles. The summed E-state index contributed by atoms with van der Waals surface area (Å²) in [4.78, 5) is 27.4. The number of aryl methyl sites for hydroxylation is 1. The van der Waals surface area contributed by atoms with Crippen molar-refractivity contribution in [3.05, 3.63) is 65.5 Å². The number of halogens is 1. The summed E-state index contributed by atoms with van der Waals surface area (Å²) >= 11 is 0. The minimum absolute atomic E-state index is 0.00188. The smallest absolute Gasteiger partial charge is 0.261 e. The van der Waals surface area contributed by atoms with E-state index >= 15 is 0 Å². The molecule has 0 radical (unpaired) electrons. The van der Waals surface area contributed by atoms with Gasteiger partial charge < -0.3 is 15.0 Å². The zero-order valence-corrected chi connectivity index (χ0v) is 18.3. The fraction of sp³-hybridized carbons (Fsp3) is 0.440. The van der Waals surface area contributed by atoms with Crippen LogP contribution in [0.1, 0.15) is 50.2 Å². The summed E-state index contributed by atoms with van der Waals surface area (Å²) in [5.41, 5.74) is 1.28. The number of hydrogen-bond donors (Lipinski definition) is 1. The molecule has 2 amide bonds. The van der Waals surface area contributed by atoms with Crippen molar-refractivity contribution >= 4 is 11.8 Å². The monoisotopic (exact) mass is 426 g/mol. The van der Waals surface area contributed by atoms with Crippen LogP contribution in [0.25, 0.3) is 0 Å². The van der Waals surface area contributed by atoms with Crippen molar-refractivity contribution in [1.82, 2.24) is 10.2 Å². The number of amides is 2. The van der Waals surface area contributed by atoms with Crippen LogP contribution in [-0.2, 0) is 16.1 Å². The maximum absolute atomic E-state index is 14.3. The van der Waals surface area contributed by atoms with Gasteiger partial charge >= 0.3 is 0 Å². The maximum Gasteiger partial charge on any atom is 0.261 e. The molecule has 1 N–H and O–H groups in total. The van der Waals surface area contributed by atoms with Gasteiger partial charge in [0.25, 0.3) is 5.91 Å². The van der Waals surface area contributed by atoms with E-state index in [0.29, 0.717) is 11.3 Å². The molecule has 6 heteroatoms. The average Bonchev–Trinajstić information content (AvgIpc) is 2.78. The van der Waals surface area contributed by atoms with E-state index in [1.54, 1.807) is 31.2 Å². The Morgan fingerprint density at radius 1 is 1.10 bits per heavy atom. The number of carbonyl (C=O) groups excluding carboxylic acids is 2. The van der Waals surface area contributed by atoms with Crippen LogP contribution in [0.5, 0.6) is 5.75 Å². The Labute approximate surface area is 183 Å². The van der Waals surface area contributed by atoms with Crippen LogP contribution in [0.3, 0.4) is 0 Å². The fourth-order valence-electron chi connectivity index (χ4n) is 3.90. The molecule has 1 saturated carbocycles. The summed E-state index contributed by atoms with van der Waals surface area (Å²) in [6.07, 6.45) is 5.30. The van der Waals surface area contributed by atoms with Crippen LogP contribution < -0.4 is 10.1 Å². The number of rotatable bonds is 8. The van der Waals surface area contributed by atoms with Gasteiger partial charge in [-0.2, -0.15) is 0 Å². The topological polar surface area (TPSA) is 58.6 Å². The van der Waals surface area contributed by atoms with Gasteiger partial charge in [-0.25, -0.2) is 4.39 Å². The van der Waals surface area contributed by atoms with Crippen LogP contribution in [0.4, 0.5) is 4.39 Å². The summed E-state index contributed by atoms with van der Waals surface area (Å²) < 4.78 is 20.0. The van der Waals surface area contributed by atoms with Crippen molar-refractivity contribution < 1.29 is 18.7 Å². The zero-order chi connectivity index (χ0) is 22.2. The predicted molar refractivity (Wildman–Crippen MR) is 118 cm³/mol. The summed E-state index contributed by atoms with van der Waals surface area (Å²) in [7, 11) is 0. The van der Waals surface area contributed by atoms with Crippen LogP contribution >= 0.6 is 0 Å². The molecule has 166 valence electrons. The van der Waals surface area contributed by atoms with Crippen LogP contribution in [0.15, 0.2) is 48.5 Å². The molecular formula is C25H31FN2O3. The molecule has 2 aromatic rings. The lowest BCUT2D eigenvalue weighted by Crippen LogP contribution is -2.51. The third-order valence-corrected chi connectivity index (χ3v) is 5.86. The summed E-state index contributed by atoms with van der Waals surface area (Å²) in [6.45, 7) is 3.37. The Morgan fingerprint density at radius 3 is 2.48 bits per heavy atom. The number of hydrogen-bond acceptors (Lipinski definition) is 3. The number of carbonyl (C=O) groups is 2. The van der Waals surface area contributed by atoms with Crippen LogP contribution in [0, 0.1) is 12.7 Å². The van der Waals surface area contributed by atoms with Gasteiger partial charge in [-0.15, -0.1) is 0 Å². The lowest BCUT2D eigenvalue weighted by Gasteiger charge is -2.31. The van der Waals surface area contributed by atoms with Crippen molar-refractivity contribution in [2.75, 3.05) is 6.61 Å². The molecule has 0 heterocycles. The zero-order valence-electron chi connectivity index (χ0n) is 18.3. The minimum atomic E-state index is -0.741. The Bertz CT molecular complexity index is 896. The number of para-hydroxylation sites is 1. The molecule has 1 aliphatic rings. The second kappa shape index (κ2) is 10.9. The molecule has 2 aromatic carbocycles. The summed E-state index contributed by atoms with van der Waals surface area (Å²) in [5, 5.41) is 3.07. The molecule has 0 aromatic heterocycles. The van der Waals surface area contributed by atoms with E-state index in [1.807, 2.05) is 25.1 Å². The van der Waals surface area contributed by atoms with Crippen molar-refractivity contribution in [3.63, 3.8) is 0 Å². The lowest BCUT2D eigenvalue weighted by molar-refractivity contribution is -0.142. The second-order valence-electron chi connectivity index (χ2n) is 8.19. The van der Waals surface area contributed by atoms with Gasteiger partial charge in [0.15, 0.2) is 6.61 Å². The predicted octanol–water partition coefficient (Wildman–Crippen LogP) is 4.38. The van der Waals surface area contributed by atoms with Gasteiger partial charge in [-0.1, -0.05) is 55.7 Å². The number of nitrogens with zero attached hydrogens (tertiary/aromatic N) is 1. The third-order valence-electron chi connectivity index (χ3n) is 5.86. The van der Waals surface area contributed by atoms with Crippen LogP contribution in [0.2, 0.25) is 0 Å². The molecule has 0 bridgehead atoms. The quantitative estimate of drug-likeness (QED) is 0.682. The van der Waals surface area contributed by atoms with E-state index in [9.17, 15) is 14.0 Å². The number of ether oxygens (including phenoxy) is 1. The highest BCUT2D eigenvalue weighted by atomic mass is 19.1. The van der Waals surface area contributed by atoms with Crippen molar-refractivity contribution in [3.8, 4) is 5.75 Å². The number of benzene rings is 2. The molecule has 31 heavy (non-hydrogen) atoms. The van der Waals surface area contributed by atoms with E-state index in [1.165, 1.54) is 17.4 Å². The highest BCUT2D eigenvalue weighted by Gasteiger charge is 2.29.